The van der Waals surface area contributed by atoms with Crippen molar-refractivity contribution in [2.24, 2.45) is 5.73 Å². The average Bonchev–Trinajstić information content (AvgIpc) is 2.12. The van der Waals surface area contributed by atoms with Crippen molar-refractivity contribution in [3.63, 3.8) is 0 Å². The molecule has 0 spiro atoms. The van der Waals surface area contributed by atoms with Gasteiger partial charge in [-0.1, -0.05) is 13.8 Å². The number of aliphatic hydroxyl groups is 1. The number of nitrogens with one attached hydrogen (secondary N) is 1. The molecule has 13 heavy (non-hydrogen) atoms. The van der Waals surface area contributed by atoms with E-state index in [1.165, 1.54) is 0 Å². The summed E-state index contributed by atoms with van der Waals surface area (Å²) in [7, 11) is 0. The van der Waals surface area contributed by atoms with Crippen LogP contribution < -0.4 is 11.1 Å². The molecule has 0 aromatic heterocycles. The lowest BCUT2D eigenvalue weighted by Crippen LogP contribution is -2.54. The van der Waals surface area contributed by atoms with Crippen LogP contribution >= 0.6 is 0 Å². The van der Waals surface area contributed by atoms with Gasteiger partial charge in [0, 0.05) is 6.54 Å². The summed E-state index contributed by atoms with van der Waals surface area (Å²) in [5, 5.41) is 11.6. The lowest BCUT2D eigenvalue weighted by Gasteiger charge is -2.25. The summed E-state index contributed by atoms with van der Waals surface area (Å²) in [6.45, 7) is 5.64. The Kier molecular flexibility index (Phi) is 4.95. The minimum absolute atomic E-state index is 0.182. The monoisotopic (exact) mass is 188 g/mol. The van der Waals surface area contributed by atoms with Gasteiger partial charge in [0.1, 0.15) is 0 Å². The topological polar surface area (TPSA) is 75.4 Å². The molecule has 1 amide bonds. The largest absolute Gasteiger partial charge is 0.392 e. The molecule has 0 rings (SSSR count). The number of nitrogens with two attached hydrogens (primary N) is 1. The van der Waals surface area contributed by atoms with Gasteiger partial charge in [0.15, 0.2) is 0 Å². The van der Waals surface area contributed by atoms with Crippen molar-refractivity contribution in [1.29, 1.82) is 0 Å². The van der Waals surface area contributed by atoms with Crippen LogP contribution in [0, 0.1) is 0 Å². The molecule has 0 aliphatic heterocycles. The van der Waals surface area contributed by atoms with Crippen LogP contribution in [0.4, 0.5) is 0 Å². The Morgan fingerprint density at radius 2 is 2.00 bits per heavy atom. The number of hydrogen-bond acceptors (Lipinski definition) is 3. The van der Waals surface area contributed by atoms with E-state index in [1.54, 1.807) is 6.92 Å². The minimum atomic E-state index is -0.783. The third-order valence-corrected chi connectivity index (χ3v) is 2.27. The number of carbonyl (C=O) groups excluding carboxylic acids is 1. The Morgan fingerprint density at radius 1 is 1.54 bits per heavy atom. The Balaban J connectivity index is 4.07. The first-order valence-electron chi connectivity index (χ1n) is 4.71. The fraction of sp³-hybridized carbons (Fsp3) is 0.889. The molecule has 0 fully saturated rings. The first-order chi connectivity index (χ1) is 5.96. The van der Waals surface area contributed by atoms with E-state index in [9.17, 15) is 4.79 Å². The van der Waals surface area contributed by atoms with Crippen molar-refractivity contribution in [1.82, 2.24) is 5.32 Å². The van der Waals surface area contributed by atoms with Gasteiger partial charge in [-0.3, -0.25) is 4.79 Å². The summed E-state index contributed by atoms with van der Waals surface area (Å²) in [4.78, 5) is 11.5. The van der Waals surface area contributed by atoms with Gasteiger partial charge in [-0.2, -0.15) is 0 Å². The van der Waals surface area contributed by atoms with E-state index in [2.05, 4.69) is 5.32 Å². The lowest BCUT2D eigenvalue weighted by atomic mass is 9.93. The van der Waals surface area contributed by atoms with Crippen LogP contribution in [0.5, 0.6) is 0 Å². The highest BCUT2D eigenvalue weighted by Crippen LogP contribution is 2.10. The summed E-state index contributed by atoms with van der Waals surface area (Å²) in [5.74, 6) is -0.182. The molecule has 4 nitrogen and oxygen atoms in total. The van der Waals surface area contributed by atoms with Crippen molar-refractivity contribution in [3.8, 4) is 0 Å². The number of rotatable bonds is 5. The molecule has 1 unspecified atom stereocenters. The van der Waals surface area contributed by atoms with Gasteiger partial charge in [-0.05, 0) is 19.8 Å². The second-order valence-corrected chi connectivity index (χ2v) is 3.42. The van der Waals surface area contributed by atoms with Gasteiger partial charge >= 0.3 is 0 Å². The second kappa shape index (κ2) is 5.19. The number of carbonyl (C=O) groups is 1. The Hall–Kier alpha value is -0.610. The predicted molar refractivity (Wildman–Crippen MR) is 52.2 cm³/mol. The van der Waals surface area contributed by atoms with Crippen LogP contribution in [-0.2, 0) is 4.79 Å². The van der Waals surface area contributed by atoms with Crippen LogP contribution in [0.1, 0.15) is 33.6 Å². The van der Waals surface area contributed by atoms with Crippen molar-refractivity contribution in [2.75, 3.05) is 6.54 Å². The number of hydrogen-bond donors (Lipinski definition) is 3. The molecule has 0 heterocycles. The van der Waals surface area contributed by atoms with E-state index < -0.39 is 11.6 Å². The molecule has 0 aromatic rings. The zero-order valence-corrected chi connectivity index (χ0v) is 8.63. The minimum Gasteiger partial charge on any atom is -0.392 e. The van der Waals surface area contributed by atoms with Crippen molar-refractivity contribution < 1.29 is 9.90 Å². The van der Waals surface area contributed by atoms with E-state index in [-0.39, 0.29) is 12.5 Å². The van der Waals surface area contributed by atoms with Gasteiger partial charge in [0.25, 0.3) is 0 Å². The molecule has 4 heteroatoms. The van der Waals surface area contributed by atoms with Gasteiger partial charge < -0.3 is 16.2 Å². The molecule has 0 aliphatic carbocycles. The highest BCUT2D eigenvalue weighted by atomic mass is 16.3. The maximum absolute atomic E-state index is 11.5. The van der Waals surface area contributed by atoms with E-state index in [0.717, 1.165) is 0 Å². The predicted octanol–water partition coefficient (Wildman–Crippen LogP) is 0.000900. The normalized spacial score (nSPS) is 13.9. The third-order valence-electron chi connectivity index (χ3n) is 2.27. The fourth-order valence-electron chi connectivity index (χ4n) is 0.988. The van der Waals surface area contributed by atoms with Crippen LogP contribution in [0.25, 0.3) is 0 Å². The van der Waals surface area contributed by atoms with Crippen molar-refractivity contribution >= 4 is 5.91 Å². The molecule has 0 saturated heterocycles. The van der Waals surface area contributed by atoms with Crippen LogP contribution in [-0.4, -0.2) is 29.2 Å². The lowest BCUT2D eigenvalue weighted by molar-refractivity contribution is -0.127. The quantitative estimate of drug-likeness (QED) is 0.568. The smallest absolute Gasteiger partial charge is 0.240 e. The summed E-state index contributed by atoms with van der Waals surface area (Å²) in [5.41, 5.74) is 5.05. The summed E-state index contributed by atoms with van der Waals surface area (Å²) in [6.07, 6.45) is 0.687. The molecule has 0 aromatic carbocycles. The first kappa shape index (κ1) is 12.4. The zero-order valence-electron chi connectivity index (χ0n) is 8.63. The van der Waals surface area contributed by atoms with Gasteiger partial charge in [-0.15, -0.1) is 0 Å². The highest BCUT2D eigenvalue weighted by molar-refractivity contribution is 5.85. The Bertz CT molecular complexity index is 165. The van der Waals surface area contributed by atoms with E-state index in [4.69, 9.17) is 10.8 Å². The molecule has 4 N–H and O–H groups in total. The molecule has 0 bridgehead atoms. The summed E-state index contributed by atoms with van der Waals surface area (Å²) >= 11 is 0. The molecule has 0 saturated carbocycles. The standard InChI is InChI=1S/C9H20N2O2/c1-4-9(10,5-2)8(13)11-6-7(3)12/h7,12H,4-6,10H2,1-3H3,(H,11,13). The highest BCUT2D eigenvalue weighted by Gasteiger charge is 2.29. The maximum atomic E-state index is 11.5. The molecular formula is C9H20N2O2. The average molecular weight is 188 g/mol. The fourth-order valence-corrected chi connectivity index (χ4v) is 0.988. The SMILES string of the molecule is CCC(N)(CC)C(=O)NCC(C)O. The second-order valence-electron chi connectivity index (χ2n) is 3.42. The molecule has 0 radical (unpaired) electrons. The van der Waals surface area contributed by atoms with Crippen molar-refractivity contribution in [3.05, 3.63) is 0 Å². The zero-order chi connectivity index (χ0) is 10.5. The van der Waals surface area contributed by atoms with Gasteiger partial charge in [-0.25, -0.2) is 0 Å². The van der Waals surface area contributed by atoms with E-state index >= 15 is 0 Å². The Labute approximate surface area is 79.5 Å². The van der Waals surface area contributed by atoms with Crippen molar-refractivity contribution in [2.45, 2.75) is 45.3 Å². The van der Waals surface area contributed by atoms with Crippen LogP contribution in [0.3, 0.4) is 0 Å². The molecular weight excluding hydrogens is 168 g/mol. The number of aliphatic hydroxyl groups excluding tert-OH is 1. The van der Waals surface area contributed by atoms with Crippen LogP contribution in [0.2, 0.25) is 0 Å². The molecule has 0 aliphatic rings. The third kappa shape index (κ3) is 3.74. The van der Waals surface area contributed by atoms with Crippen LogP contribution in [0.15, 0.2) is 0 Å². The molecule has 1 atom stereocenters. The van der Waals surface area contributed by atoms with E-state index in [0.29, 0.717) is 12.8 Å². The first-order valence-corrected chi connectivity index (χ1v) is 4.71. The Morgan fingerprint density at radius 3 is 2.31 bits per heavy atom. The van der Waals surface area contributed by atoms with E-state index in [1.807, 2.05) is 13.8 Å². The summed E-state index contributed by atoms with van der Waals surface area (Å²) < 4.78 is 0. The summed E-state index contributed by atoms with van der Waals surface area (Å²) in [6, 6.07) is 0. The molecule has 78 valence electrons. The van der Waals surface area contributed by atoms with Gasteiger partial charge in [0.05, 0.1) is 11.6 Å². The number of amides is 1. The maximum Gasteiger partial charge on any atom is 0.240 e. The van der Waals surface area contributed by atoms with Gasteiger partial charge in [0.2, 0.25) is 5.91 Å².